The number of aliphatic hydroxyl groups is 1. The largest absolute Gasteiger partial charge is 0.504 e. The molecule has 2 aromatic rings. The molecule has 0 saturated carbocycles. The Morgan fingerprint density at radius 1 is 1.59 bits per heavy atom. The predicted molar refractivity (Wildman–Crippen MR) is 96.1 cm³/mol. The summed E-state index contributed by atoms with van der Waals surface area (Å²) in [4.78, 5) is 14.1. The topological polar surface area (TPSA) is 129 Å². The van der Waals surface area contributed by atoms with Gasteiger partial charge in [0, 0.05) is 14.1 Å². The fraction of sp³-hybridized carbons (Fsp3) is 0.533. The van der Waals surface area contributed by atoms with Gasteiger partial charge in [-0.3, -0.25) is 4.57 Å². The average molecular weight is 397 g/mol. The van der Waals surface area contributed by atoms with Crippen molar-refractivity contribution < 1.29 is 23.3 Å². The highest BCUT2D eigenvalue weighted by molar-refractivity contribution is 7.38. The summed E-state index contributed by atoms with van der Waals surface area (Å²) < 4.78 is 38.5. The molecular weight excluding hydrogens is 378 g/mol. The van der Waals surface area contributed by atoms with Gasteiger partial charge in [0.25, 0.3) is 0 Å². The second kappa shape index (κ2) is 6.98. The molecule has 0 bridgehead atoms. The van der Waals surface area contributed by atoms with Gasteiger partial charge in [-0.2, -0.15) is 9.97 Å². The minimum Gasteiger partial charge on any atom is -0.386 e. The molecule has 3 rings (SSSR count). The van der Waals surface area contributed by atoms with Crippen LogP contribution in [-0.4, -0.2) is 69.9 Å². The van der Waals surface area contributed by atoms with Crippen LogP contribution in [0.3, 0.4) is 0 Å². The maximum Gasteiger partial charge on any atom is 0.504 e. The number of fused-ring (bicyclic) bond motifs is 1. The number of anilines is 2. The van der Waals surface area contributed by atoms with Crippen molar-refractivity contribution in [2.45, 2.75) is 24.1 Å². The highest BCUT2D eigenvalue weighted by Crippen LogP contribution is 2.43. The van der Waals surface area contributed by atoms with Crippen LogP contribution in [0, 0.1) is 12.3 Å². The van der Waals surface area contributed by atoms with Crippen LogP contribution in [0.4, 0.5) is 16.2 Å². The molecule has 10 nitrogen and oxygen atoms in total. The second-order valence-corrected chi connectivity index (χ2v) is 7.38. The van der Waals surface area contributed by atoms with E-state index in [1.807, 2.05) is 5.92 Å². The fourth-order valence-corrected chi connectivity index (χ4v) is 3.25. The van der Waals surface area contributed by atoms with Gasteiger partial charge in [-0.05, 0) is 4.57 Å². The lowest BCUT2D eigenvalue weighted by Crippen LogP contribution is -2.42. The minimum atomic E-state index is -2.58. The van der Waals surface area contributed by atoms with Crippen molar-refractivity contribution in [1.29, 1.82) is 0 Å². The van der Waals surface area contributed by atoms with Crippen molar-refractivity contribution in [2.24, 2.45) is 0 Å². The van der Waals surface area contributed by atoms with Crippen LogP contribution in [0.1, 0.15) is 6.23 Å². The summed E-state index contributed by atoms with van der Waals surface area (Å²) in [6.07, 6.45) is 2.39. The minimum absolute atomic E-state index is 0.0421. The highest BCUT2D eigenvalue weighted by atomic mass is 31.1. The summed E-state index contributed by atoms with van der Waals surface area (Å²) in [6, 6.07) is 0. The Morgan fingerprint density at radius 3 is 2.89 bits per heavy atom. The first-order valence-electron chi connectivity index (χ1n) is 7.90. The first-order chi connectivity index (χ1) is 12.7. The van der Waals surface area contributed by atoms with Crippen molar-refractivity contribution >= 4 is 31.0 Å². The first kappa shape index (κ1) is 19.4. The van der Waals surface area contributed by atoms with Gasteiger partial charge in [-0.25, -0.2) is 9.37 Å². The van der Waals surface area contributed by atoms with E-state index in [0.717, 1.165) is 0 Å². The molecule has 12 heteroatoms. The Kier molecular flexibility index (Phi) is 5.01. The van der Waals surface area contributed by atoms with Crippen LogP contribution in [-0.2, 0) is 13.8 Å². The maximum absolute atomic E-state index is 15.5. The van der Waals surface area contributed by atoms with Crippen LogP contribution in [0.2, 0.25) is 0 Å². The number of rotatable bonds is 5. The number of aromatic nitrogens is 4. The van der Waals surface area contributed by atoms with E-state index < -0.39 is 32.1 Å². The molecule has 1 aliphatic heterocycles. The molecule has 144 valence electrons. The Hall–Kier alpha value is -2.38. The average Bonchev–Trinajstić information content (AvgIpc) is 3.12. The van der Waals surface area contributed by atoms with E-state index in [2.05, 4.69) is 15.0 Å². The van der Waals surface area contributed by atoms with Crippen LogP contribution in [0.5, 0.6) is 0 Å². The van der Waals surface area contributed by atoms with E-state index >= 15 is 4.39 Å². The van der Waals surface area contributed by atoms with Gasteiger partial charge in [0.05, 0.1) is 6.33 Å². The Bertz CT molecular complexity index is 931. The molecule has 0 aromatic carbocycles. The molecule has 0 amide bonds. The number of halogens is 1. The number of nitrogen functional groups attached to an aromatic ring is 1. The molecule has 1 fully saturated rings. The number of terminal acetylenes is 1. The van der Waals surface area contributed by atoms with Gasteiger partial charge < -0.3 is 20.5 Å². The van der Waals surface area contributed by atoms with Crippen molar-refractivity contribution in [2.75, 3.05) is 38.0 Å². The number of imidazole rings is 1. The zero-order chi connectivity index (χ0) is 19.9. The Labute approximate surface area is 155 Å². The van der Waals surface area contributed by atoms with Crippen LogP contribution < -0.4 is 10.6 Å². The molecule has 1 aliphatic rings. The molecule has 1 saturated heterocycles. The smallest absolute Gasteiger partial charge is 0.386 e. The van der Waals surface area contributed by atoms with Gasteiger partial charge in [0.15, 0.2) is 29.9 Å². The summed E-state index contributed by atoms with van der Waals surface area (Å²) in [6.45, 7) is 1.05. The zero-order valence-corrected chi connectivity index (χ0v) is 15.8. The van der Waals surface area contributed by atoms with Crippen molar-refractivity contribution in [3.05, 3.63) is 6.33 Å². The number of ether oxygens (including phenoxy) is 1. The molecule has 0 spiro atoms. The third-order valence-electron chi connectivity index (χ3n) is 4.18. The molecule has 3 N–H and O–H groups in total. The van der Waals surface area contributed by atoms with Gasteiger partial charge in [-0.1, -0.05) is 5.92 Å². The molecule has 0 radical (unpaired) electrons. The number of nitrogens with two attached hydrogens (primary N) is 1. The molecule has 0 aliphatic carbocycles. The van der Waals surface area contributed by atoms with E-state index in [1.54, 1.807) is 19.0 Å². The van der Waals surface area contributed by atoms with Gasteiger partial charge in [0.1, 0.15) is 18.8 Å². The Morgan fingerprint density at radius 2 is 2.30 bits per heavy atom. The zero-order valence-electron chi connectivity index (χ0n) is 14.9. The lowest BCUT2D eigenvalue weighted by Gasteiger charge is -2.23. The molecular formula is C15H19FN6O4P+. The van der Waals surface area contributed by atoms with Crippen molar-refractivity contribution in [1.82, 2.24) is 19.5 Å². The summed E-state index contributed by atoms with van der Waals surface area (Å²) in [7, 11) is 1.54. The van der Waals surface area contributed by atoms with E-state index in [4.69, 9.17) is 21.4 Å². The van der Waals surface area contributed by atoms with E-state index in [-0.39, 0.29) is 18.2 Å². The number of alkyl halides is 1. The molecule has 3 unspecified atom stereocenters. The van der Waals surface area contributed by atoms with Crippen molar-refractivity contribution in [3.8, 4) is 12.3 Å². The maximum atomic E-state index is 15.5. The SMILES string of the molecule is C#CC1(F)C(O)[C@@H](CO[P+](C)=O)O[C@H]1n1cnc2c(N(C)C)nc(N)nc21. The summed E-state index contributed by atoms with van der Waals surface area (Å²) in [5.74, 6) is 2.35. The monoisotopic (exact) mass is 397 g/mol. The standard InChI is InChI=1S/C15H19FN6O4P/c1-5-15(16)10(23)8(6-25-27(4)24)26-13(15)22-7-18-9-11(21(2)3)19-14(17)20-12(9)22/h1,7-8,10,13,23H,6H2,2-4H3,(H2,17,19,20)/q+1/t8-,10?,13-,15?/m1/s1. The van der Waals surface area contributed by atoms with E-state index in [9.17, 15) is 9.67 Å². The summed E-state index contributed by atoms with van der Waals surface area (Å²) >= 11 is 0. The summed E-state index contributed by atoms with van der Waals surface area (Å²) in [5, 5.41) is 10.3. The van der Waals surface area contributed by atoms with Crippen molar-refractivity contribution in [3.63, 3.8) is 0 Å². The number of hydrogen-bond acceptors (Lipinski definition) is 9. The molecule has 2 aromatic heterocycles. The van der Waals surface area contributed by atoms with E-state index in [1.165, 1.54) is 17.6 Å². The normalized spacial score (nSPS) is 28.3. The third-order valence-corrected chi connectivity index (χ3v) is 4.70. The second-order valence-electron chi connectivity index (χ2n) is 6.24. The number of nitrogens with zero attached hydrogens (tertiary/aromatic N) is 5. The van der Waals surface area contributed by atoms with Crippen LogP contribution in [0.25, 0.3) is 11.2 Å². The first-order valence-corrected chi connectivity index (χ1v) is 9.52. The van der Waals surface area contributed by atoms with Crippen LogP contribution in [0.15, 0.2) is 6.33 Å². The van der Waals surface area contributed by atoms with Gasteiger partial charge >= 0.3 is 8.03 Å². The molecule has 5 atom stereocenters. The highest BCUT2D eigenvalue weighted by Gasteiger charge is 2.58. The quantitative estimate of drug-likeness (QED) is 0.546. The van der Waals surface area contributed by atoms with Gasteiger partial charge in [0.2, 0.25) is 11.6 Å². The molecule has 27 heavy (non-hydrogen) atoms. The lowest BCUT2D eigenvalue weighted by molar-refractivity contribution is -0.0455. The third kappa shape index (κ3) is 3.21. The number of aliphatic hydroxyl groups excluding tert-OH is 1. The van der Waals surface area contributed by atoms with Crippen LogP contribution >= 0.6 is 8.03 Å². The van der Waals surface area contributed by atoms with Gasteiger partial charge in [-0.15, -0.1) is 10.9 Å². The summed E-state index contributed by atoms with van der Waals surface area (Å²) in [5.41, 5.74) is 3.74. The lowest BCUT2D eigenvalue weighted by atomic mass is 9.97. The number of hydrogen-bond donors (Lipinski definition) is 2. The van der Waals surface area contributed by atoms with E-state index in [0.29, 0.717) is 11.3 Å². The fourth-order valence-electron chi connectivity index (χ4n) is 2.89. The molecule has 3 heterocycles. The Balaban J connectivity index is 2.07. The predicted octanol–water partition coefficient (Wildman–Crippen LogP) is 0.463.